The number of ether oxygens (including phenoxy) is 2. The summed E-state index contributed by atoms with van der Waals surface area (Å²) in [5.41, 5.74) is 3.98. The lowest BCUT2D eigenvalue weighted by molar-refractivity contribution is -0.0949. The number of hydrogen-bond donors (Lipinski definition) is 1. The van der Waals surface area contributed by atoms with Crippen LogP contribution in [0.2, 0.25) is 0 Å². The summed E-state index contributed by atoms with van der Waals surface area (Å²) in [6.45, 7) is 0. The third-order valence-corrected chi connectivity index (χ3v) is 7.55. The number of carbonyl (C=O) groups is 1. The van der Waals surface area contributed by atoms with Crippen LogP contribution < -0.4 is 14.8 Å². The number of amides is 1. The van der Waals surface area contributed by atoms with Gasteiger partial charge in [-0.25, -0.2) is 5.01 Å². The van der Waals surface area contributed by atoms with Crippen molar-refractivity contribution in [3.8, 4) is 11.5 Å². The minimum Gasteiger partial charge on any atom is -0.497 e. The summed E-state index contributed by atoms with van der Waals surface area (Å²) in [4.78, 5) is 13.5. The maximum Gasteiger partial charge on any atom is 0.314 e. The van der Waals surface area contributed by atoms with Gasteiger partial charge in [-0.3, -0.25) is 10.1 Å². The molecule has 3 aromatic rings. The van der Waals surface area contributed by atoms with Crippen LogP contribution in [0.15, 0.2) is 87.3 Å². The normalized spacial score (nSPS) is 23.9. The van der Waals surface area contributed by atoms with Crippen molar-refractivity contribution in [3.05, 3.63) is 98.9 Å². The van der Waals surface area contributed by atoms with Gasteiger partial charge in [0, 0.05) is 16.5 Å². The van der Waals surface area contributed by atoms with E-state index in [1.54, 1.807) is 7.11 Å². The average Bonchev–Trinajstić information content (AvgIpc) is 3.44. The molecule has 34 heavy (non-hydrogen) atoms. The van der Waals surface area contributed by atoms with Crippen LogP contribution in [-0.2, 0) is 0 Å². The number of nitrogens with one attached hydrogen (secondary N) is 1. The van der Waals surface area contributed by atoms with Crippen LogP contribution in [-0.4, -0.2) is 28.9 Å². The number of nitrogens with zero attached hydrogens (tertiary/aromatic N) is 2. The third-order valence-electron chi connectivity index (χ3n) is 6.15. The summed E-state index contributed by atoms with van der Waals surface area (Å²) in [5.74, 6) is 0.289. The highest BCUT2D eigenvalue weighted by Crippen LogP contribution is 2.53. The Morgan fingerprint density at radius 3 is 2.74 bits per heavy atom. The molecule has 8 heteroatoms. The minimum absolute atomic E-state index is 0.0882. The fourth-order valence-corrected chi connectivity index (χ4v) is 5.83. The fraction of sp³-hybridized carbons (Fsp3) is 0.154. The summed E-state index contributed by atoms with van der Waals surface area (Å²) >= 11 is 4.73. The molecule has 3 aromatic carbocycles. The molecule has 3 aliphatic rings. The molecule has 3 heterocycles. The van der Waals surface area contributed by atoms with Crippen LogP contribution in [0.4, 0.5) is 4.79 Å². The molecule has 1 N–H and O–H groups in total. The molecule has 1 amide bonds. The maximum absolute atomic E-state index is 12.8. The molecule has 0 unspecified atom stereocenters. The summed E-state index contributed by atoms with van der Waals surface area (Å²) in [6, 6.07) is 23.7. The van der Waals surface area contributed by atoms with Crippen molar-refractivity contribution in [1.29, 1.82) is 0 Å². The molecule has 0 radical (unpaired) electrons. The predicted octanol–water partition coefficient (Wildman–Crippen LogP) is 6.15. The zero-order valence-corrected chi connectivity index (χ0v) is 20.6. The van der Waals surface area contributed by atoms with Gasteiger partial charge in [0.15, 0.2) is 0 Å². The van der Waals surface area contributed by atoms with Gasteiger partial charge in [-0.05, 0) is 59.3 Å². The molecule has 2 atom stereocenters. The van der Waals surface area contributed by atoms with Gasteiger partial charge in [0.1, 0.15) is 11.5 Å². The maximum atomic E-state index is 12.8. The van der Waals surface area contributed by atoms with E-state index >= 15 is 0 Å². The molecule has 170 valence electrons. The summed E-state index contributed by atoms with van der Waals surface area (Å²) in [7, 11) is 1.64. The second kappa shape index (κ2) is 8.21. The van der Waals surface area contributed by atoms with E-state index < -0.39 is 5.85 Å². The highest BCUT2D eigenvalue weighted by molar-refractivity contribution is 9.10. The van der Waals surface area contributed by atoms with E-state index in [1.165, 1.54) is 0 Å². The van der Waals surface area contributed by atoms with E-state index in [4.69, 9.17) is 14.6 Å². The SMILES string of the molecule is COc1ccc(/C=C2\SC(=O)N[C@]23Oc2ccc(Br)cc2[C@H]2CC(c4ccccc4)=NN23)cc1. The van der Waals surface area contributed by atoms with E-state index in [2.05, 4.69) is 39.4 Å². The van der Waals surface area contributed by atoms with Crippen LogP contribution in [0.25, 0.3) is 6.08 Å². The van der Waals surface area contributed by atoms with Gasteiger partial charge < -0.3 is 9.47 Å². The summed E-state index contributed by atoms with van der Waals surface area (Å²) < 4.78 is 12.8. The van der Waals surface area contributed by atoms with Crippen molar-refractivity contribution in [2.45, 2.75) is 18.3 Å². The standard InChI is InChI=1S/C26H20BrN3O3S/c1-32-19-10-7-16(8-11-19)13-24-26(28-25(31)34-24)30-22(20-14-18(27)9-12-23(20)33-26)15-21(29-30)17-5-3-2-4-6-17/h2-14,22H,15H2,1H3,(H,28,31)/b24-13-/t22-,26-/m1/s1. The van der Waals surface area contributed by atoms with Crippen molar-refractivity contribution in [3.63, 3.8) is 0 Å². The number of thioether (sulfide) groups is 1. The van der Waals surface area contributed by atoms with Crippen LogP contribution in [0.1, 0.15) is 29.2 Å². The predicted molar refractivity (Wildman–Crippen MR) is 137 cm³/mol. The molecular formula is C26H20BrN3O3S. The number of fused-ring (bicyclic) bond motifs is 4. The smallest absolute Gasteiger partial charge is 0.314 e. The molecule has 0 aromatic heterocycles. The first-order valence-corrected chi connectivity index (χ1v) is 12.4. The largest absolute Gasteiger partial charge is 0.497 e. The van der Waals surface area contributed by atoms with Crippen LogP contribution in [0.5, 0.6) is 11.5 Å². The Balaban J connectivity index is 1.50. The second-order valence-corrected chi connectivity index (χ2v) is 10.1. The van der Waals surface area contributed by atoms with Crippen LogP contribution >= 0.6 is 27.7 Å². The second-order valence-electron chi connectivity index (χ2n) is 8.20. The summed E-state index contributed by atoms with van der Waals surface area (Å²) in [5, 5.41) is 9.83. The van der Waals surface area contributed by atoms with Crippen molar-refractivity contribution in [2.24, 2.45) is 5.10 Å². The molecule has 0 bridgehead atoms. The molecule has 3 aliphatic heterocycles. The van der Waals surface area contributed by atoms with Gasteiger partial charge in [0.05, 0.1) is 23.8 Å². The Morgan fingerprint density at radius 2 is 1.97 bits per heavy atom. The van der Waals surface area contributed by atoms with Crippen LogP contribution in [0.3, 0.4) is 0 Å². The number of halogens is 1. The number of hydrazone groups is 1. The van der Waals surface area contributed by atoms with E-state index in [1.807, 2.05) is 65.7 Å². The Kier molecular flexibility index (Phi) is 5.15. The lowest BCUT2D eigenvalue weighted by atomic mass is 9.95. The van der Waals surface area contributed by atoms with Gasteiger partial charge >= 0.3 is 5.85 Å². The van der Waals surface area contributed by atoms with Gasteiger partial charge in [-0.1, -0.05) is 58.4 Å². The van der Waals surface area contributed by atoms with E-state index in [0.717, 1.165) is 55.0 Å². The van der Waals surface area contributed by atoms with Gasteiger partial charge in [0.25, 0.3) is 5.24 Å². The van der Waals surface area contributed by atoms with Crippen molar-refractivity contribution in [2.75, 3.05) is 7.11 Å². The van der Waals surface area contributed by atoms with Gasteiger partial charge in [0.2, 0.25) is 0 Å². The molecule has 0 saturated carbocycles. The zero-order valence-electron chi connectivity index (χ0n) is 18.2. The highest BCUT2D eigenvalue weighted by Gasteiger charge is 2.58. The Hall–Kier alpha value is -3.23. The van der Waals surface area contributed by atoms with Crippen LogP contribution in [0, 0.1) is 0 Å². The van der Waals surface area contributed by atoms with Crippen molar-refractivity contribution >= 4 is 44.7 Å². The zero-order chi connectivity index (χ0) is 23.3. The third kappa shape index (κ3) is 3.49. The monoisotopic (exact) mass is 533 g/mol. The average molecular weight is 534 g/mol. The molecule has 6 rings (SSSR count). The van der Waals surface area contributed by atoms with E-state index in [-0.39, 0.29) is 11.3 Å². The first kappa shape index (κ1) is 21.3. The fourth-order valence-electron chi connectivity index (χ4n) is 4.55. The highest BCUT2D eigenvalue weighted by atomic mass is 79.9. The minimum atomic E-state index is -1.22. The number of benzene rings is 3. The molecule has 0 aliphatic carbocycles. The number of methoxy groups -OCH3 is 1. The molecule has 1 fully saturated rings. The number of carbonyl (C=O) groups excluding carboxylic acids is 1. The first-order valence-electron chi connectivity index (χ1n) is 10.8. The van der Waals surface area contributed by atoms with E-state index in [9.17, 15) is 4.79 Å². The Labute approximate surface area is 209 Å². The lowest BCUT2D eigenvalue weighted by Crippen LogP contribution is -2.61. The van der Waals surface area contributed by atoms with Gasteiger partial charge in [-0.2, -0.15) is 5.10 Å². The number of rotatable bonds is 3. The molecule has 6 nitrogen and oxygen atoms in total. The molecule has 1 saturated heterocycles. The van der Waals surface area contributed by atoms with E-state index in [0.29, 0.717) is 6.42 Å². The summed E-state index contributed by atoms with van der Waals surface area (Å²) in [6.07, 6.45) is 2.67. The van der Waals surface area contributed by atoms with Crippen molar-refractivity contribution < 1.29 is 14.3 Å². The lowest BCUT2D eigenvalue weighted by Gasteiger charge is -2.45. The Bertz CT molecular complexity index is 1340. The molecule has 1 spiro atoms. The Morgan fingerprint density at radius 1 is 1.18 bits per heavy atom. The quantitative estimate of drug-likeness (QED) is 0.437. The first-order chi connectivity index (χ1) is 16.6. The molecular weight excluding hydrogens is 514 g/mol. The number of hydrogen-bond acceptors (Lipinski definition) is 6. The topological polar surface area (TPSA) is 63.2 Å². The van der Waals surface area contributed by atoms with Crippen molar-refractivity contribution in [1.82, 2.24) is 10.3 Å². The van der Waals surface area contributed by atoms with Gasteiger partial charge in [-0.15, -0.1) is 0 Å².